The molecule has 0 radical (unpaired) electrons. The molecule has 1 aromatic rings. The van der Waals surface area contributed by atoms with Gasteiger partial charge in [0.2, 0.25) is 0 Å². The largest absolute Gasteiger partial charge is 0.508 e. The van der Waals surface area contributed by atoms with E-state index in [0.29, 0.717) is 5.69 Å². The lowest BCUT2D eigenvalue weighted by molar-refractivity contribution is 0.194. The standard InChI is InChI=1S/C10H13N3O4/c14-8-3-1-7(2-4-8)13-9(15)11-5-6-12-10(16)17/h1-4,12,14H,5-6H2,(H,16,17)(H2,11,13,15). The number of amides is 3. The molecule has 0 saturated heterocycles. The summed E-state index contributed by atoms with van der Waals surface area (Å²) in [4.78, 5) is 21.4. The van der Waals surface area contributed by atoms with Crippen molar-refractivity contribution >= 4 is 17.8 Å². The van der Waals surface area contributed by atoms with E-state index < -0.39 is 12.1 Å². The molecular formula is C10H13N3O4. The predicted molar refractivity (Wildman–Crippen MR) is 61.2 cm³/mol. The van der Waals surface area contributed by atoms with Crippen LogP contribution in [0.15, 0.2) is 24.3 Å². The highest BCUT2D eigenvalue weighted by molar-refractivity contribution is 5.89. The molecule has 0 fully saturated rings. The predicted octanol–water partition coefficient (Wildman–Crippen LogP) is 0.781. The van der Waals surface area contributed by atoms with Gasteiger partial charge in [-0.1, -0.05) is 0 Å². The summed E-state index contributed by atoms with van der Waals surface area (Å²) in [6, 6.07) is 5.54. The Morgan fingerprint density at radius 2 is 1.65 bits per heavy atom. The molecule has 0 bridgehead atoms. The van der Waals surface area contributed by atoms with Crippen LogP contribution in [0.4, 0.5) is 15.3 Å². The van der Waals surface area contributed by atoms with Gasteiger partial charge >= 0.3 is 12.1 Å². The zero-order valence-corrected chi connectivity index (χ0v) is 8.93. The Labute approximate surface area is 97.5 Å². The maximum atomic E-state index is 11.3. The van der Waals surface area contributed by atoms with Crippen LogP contribution in [0.3, 0.4) is 0 Å². The number of aromatic hydroxyl groups is 1. The number of rotatable bonds is 4. The van der Waals surface area contributed by atoms with Gasteiger partial charge in [0.15, 0.2) is 0 Å². The molecule has 17 heavy (non-hydrogen) atoms. The lowest BCUT2D eigenvalue weighted by Gasteiger charge is -2.07. The van der Waals surface area contributed by atoms with Gasteiger partial charge in [-0.05, 0) is 24.3 Å². The number of hydrogen-bond donors (Lipinski definition) is 5. The second-order valence-corrected chi connectivity index (χ2v) is 3.16. The lowest BCUT2D eigenvalue weighted by atomic mass is 10.3. The van der Waals surface area contributed by atoms with Gasteiger partial charge in [0.1, 0.15) is 5.75 Å². The van der Waals surface area contributed by atoms with Gasteiger partial charge in [0, 0.05) is 18.8 Å². The number of carboxylic acid groups (broad SMARTS) is 1. The Morgan fingerprint density at radius 1 is 1.06 bits per heavy atom. The van der Waals surface area contributed by atoms with E-state index in [2.05, 4.69) is 16.0 Å². The summed E-state index contributed by atoms with van der Waals surface area (Å²) in [5, 5.41) is 24.4. The summed E-state index contributed by atoms with van der Waals surface area (Å²) in [7, 11) is 0. The smallest absolute Gasteiger partial charge is 0.404 e. The first-order chi connectivity index (χ1) is 8.08. The fraction of sp³-hybridized carbons (Fsp3) is 0.200. The summed E-state index contributed by atoms with van der Waals surface area (Å²) >= 11 is 0. The minimum atomic E-state index is -1.13. The molecule has 0 aromatic heterocycles. The molecule has 7 heteroatoms. The third kappa shape index (κ3) is 5.26. The van der Waals surface area contributed by atoms with Crippen LogP contribution < -0.4 is 16.0 Å². The van der Waals surface area contributed by atoms with E-state index in [1.807, 2.05) is 0 Å². The summed E-state index contributed by atoms with van der Waals surface area (Å²) in [5.41, 5.74) is 0.534. The number of carbonyl (C=O) groups excluding carboxylic acids is 1. The van der Waals surface area contributed by atoms with E-state index in [4.69, 9.17) is 10.2 Å². The molecule has 0 aliphatic heterocycles. The van der Waals surface area contributed by atoms with Crippen LogP contribution in [0.1, 0.15) is 0 Å². The number of nitrogens with one attached hydrogen (secondary N) is 3. The number of phenols is 1. The molecule has 0 spiro atoms. The van der Waals surface area contributed by atoms with E-state index in [0.717, 1.165) is 0 Å². The van der Waals surface area contributed by atoms with E-state index >= 15 is 0 Å². The Balaban J connectivity index is 2.25. The first-order valence-electron chi connectivity index (χ1n) is 4.88. The number of urea groups is 1. The van der Waals surface area contributed by atoms with E-state index in [9.17, 15) is 9.59 Å². The minimum absolute atomic E-state index is 0.113. The van der Waals surface area contributed by atoms with Gasteiger partial charge in [-0.2, -0.15) is 0 Å². The third-order valence-corrected chi connectivity index (χ3v) is 1.81. The number of carbonyl (C=O) groups is 2. The normalized spacial score (nSPS) is 9.41. The van der Waals surface area contributed by atoms with Gasteiger partial charge in [0.25, 0.3) is 0 Å². The Hall–Kier alpha value is -2.44. The van der Waals surface area contributed by atoms with Gasteiger partial charge < -0.3 is 26.2 Å². The molecule has 3 amide bonds. The highest BCUT2D eigenvalue weighted by atomic mass is 16.4. The summed E-state index contributed by atoms with van der Waals surface area (Å²) in [6.45, 7) is 0.328. The molecule has 92 valence electrons. The van der Waals surface area contributed by atoms with Crippen LogP contribution in [-0.4, -0.2) is 35.4 Å². The monoisotopic (exact) mass is 239 g/mol. The fourth-order valence-electron chi connectivity index (χ4n) is 1.07. The van der Waals surface area contributed by atoms with Crippen molar-refractivity contribution < 1.29 is 19.8 Å². The second kappa shape index (κ2) is 6.21. The molecule has 1 rings (SSSR count). The molecule has 0 aliphatic carbocycles. The number of anilines is 1. The Bertz CT molecular complexity index is 391. The molecule has 0 saturated carbocycles. The molecule has 0 unspecified atom stereocenters. The second-order valence-electron chi connectivity index (χ2n) is 3.16. The van der Waals surface area contributed by atoms with Crippen molar-refractivity contribution in [2.45, 2.75) is 0 Å². The minimum Gasteiger partial charge on any atom is -0.508 e. The van der Waals surface area contributed by atoms with Crippen LogP contribution >= 0.6 is 0 Å². The molecule has 7 nitrogen and oxygen atoms in total. The van der Waals surface area contributed by atoms with Crippen molar-refractivity contribution in [2.24, 2.45) is 0 Å². The Morgan fingerprint density at radius 3 is 2.24 bits per heavy atom. The summed E-state index contributed by atoms with van der Waals surface area (Å²) in [5.74, 6) is 0.113. The molecular weight excluding hydrogens is 226 g/mol. The van der Waals surface area contributed by atoms with Crippen LogP contribution in [0.5, 0.6) is 5.75 Å². The maximum absolute atomic E-state index is 11.3. The third-order valence-electron chi connectivity index (χ3n) is 1.81. The van der Waals surface area contributed by atoms with Gasteiger partial charge in [-0.3, -0.25) is 0 Å². The average Bonchev–Trinajstić information content (AvgIpc) is 2.27. The molecule has 1 aromatic carbocycles. The highest BCUT2D eigenvalue weighted by Crippen LogP contribution is 2.13. The van der Waals surface area contributed by atoms with Gasteiger partial charge in [0.05, 0.1) is 0 Å². The first-order valence-corrected chi connectivity index (χ1v) is 4.88. The van der Waals surface area contributed by atoms with Crippen LogP contribution in [0.2, 0.25) is 0 Å². The zero-order valence-electron chi connectivity index (χ0n) is 8.93. The SMILES string of the molecule is O=C(O)NCCNC(=O)Nc1ccc(O)cc1. The highest BCUT2D eigenvalue weighted by Gasteiger charge is 2.01. The summed E-state index contributed by atoms with van der Waals surface area (Å²) in [6.07, 6.45) is -1.13. The van der Waals surface area contributed by atoms with E-state index in [-0.39, 0.29) is 18.8 Å². The number of benzene rings is 1. The number of hydrogen-bond acceptors (Lipinski definition) is 3. The van der Waals surface area contributed by atoms with Gasteiger partial charge in [-0.25, -0.2) is 9.59 Å². The number of phenolic OH excluding ortho intramolecular Hbond substituents is 1. The van der Waals surface area contributed by atoms with Crippen molar-refractivity contribution in [1.29, 1.82) is 0 Å². The maximum Gasteiger partial charge on any atom is 0.404 e. The molecule has 5 N–H and O–H groups in total. The molecule has 0 atom stereocenters. The topological polar surface area (TPSA) is 111 Å². The van der Waals surface area contributed by atoms with E-state index in [1.165, 1.54) is 12.1 Å². The van der Waals surface area contributed by atoms with E-state index in [1.54, 1.807) is 12.1 Å². The lowest BCUT2D eigenvalue weighted by Crippen LogP contribution is -2.36. The molecule has 0 heterocycles. The fourth-order valence-corrected chi connectivity index (χ4v) is 1.07. The van der Waals surface area contributed by atoms with Crippen LogP contribution in [-0.2, 0) is 0 Å². The average molecular weight is 239 g/mol. The zero-order chi connectivity index (χ0) is 12.7. The van der Waals surface area contributed by atoms with Crippen molar-refractivity contribution in [1.82, 2.24) is 10.6 Å². The quantitative estimate of drug-likeness (QED) is 0.395. The van der Waals surface area contributed by atoms with Crippen LogP contribution in [0.25, 0.3) is 0 Å². The molecule has 0 aliphatic rings. The first kappa shape index (κ1) is 12.6. The Kier molecular flexibility index (Phi) is 4.61. The van der Waals surface area contributed by atoms with Crippen molar-refractivity contribution in [2.75, 3.05) is 18.4 Å². The van der Waals surface area contributed by atoms with Crippen molar-refractivity contribution in [3.63, 3.8) is 0 Å². The van der Waals surface area contributed by atoms with Crippen molar-refractivity contribution in [3.8, 4) is 5.75 Å². The van der Waals surface area contributed by atoms with Crippen LogP contribution in [0, 0.1) is 0 Å². The summed E-state index contributed by atoms with van der Waals surface area (Å²) < 4.78 is 0. The van der Waals surface area contributed by atoms with Gasteiger partial charge in [-0.15, -0.1) is 0 Å². The van der Waals surface area contributed by atoms with Crippen molar-refractivity contribution in [3.05, 3.63) is 24.3 Å².